The first-order chi connectivity index (χ1) is 8.42. The van der Waals surface area contributed by atoms with Gasteiger partial charge in [0.05, 0.1) is 0 Å². The minimum absolute atomic E-state index is 0.0243. The van der Waals surface area contributed by atoms with Gasteiger partial charge in [0.25, 0.3) is 0 Å². The Balaban J connectivity index is 4.05. The molecular formula is C10H19N3O5. The number of carboxylic acids is 1. The first-order valence-electron chi connectivity index (χ1n) is 5.56. The SMILES string of the molecule is CCN(CC(=O)NC)C(=O)NCC[C@H](O)C(=O)O. The molecular weight excluding hydrogens is 242 g/mol. The standard InChI is InChI=1S/C10H19N3O5/c1-3-13(6-8(15)11-2)10(18)12-5-4-7(14)9(16)17/h7,14H,3-6H2,1-2H3,(H,11,15)(H,12,18)(H,16,17)/t7-/m0/s1. The minimum atomic E-state index is -1.50. The molecule has 0 rings (SSSR count). The van der Waals surface area contributed by atoms with Gasteiger partial charge in [0.1, 0.15) is 6.54 Å². The van der Waals surface area contributed by atoms with E-state index in [4.69, 9.17) is 10.2 Å². The quantitative estimate of drug-likeness (QED) is 0.449. The molecule has 0 fully saturated rings. The number of urea groups is 1. The number of amides is 3. The number of aliphatic hydroxyl groups is 1. The Morgan fingerprint density at radius 3 is 2.39 bits per heavy atom. The number of hydrogen-bond acceptors (Lipinski definition) is 4. The fourth-order valence-electron chi connectivity index (χ4n) is 1.13. The molecule has 8 heteroatoms. The summed E-state index contributed by atoms with van der Waals surface area (Å²) in [6.07, 6.45) is -1.59. The third kappa shape index (κ3) is 6.04. The van der Waals surface area contributed by atoms with Crippen LogP contribution in [0.2, 0.25) is 0 Å². The molecule has 104 valence electrons. The Labute approximate surface area is 105 Å². The van der Waals surface area contributed by atoms with Crippen molar-refractivity contribution in [3.05, 3.63) is 0 Å². The Morgan fingerprint density at radius 1 is 1.33 bits per heavy atom. The summed E-state index contributed by atoms with van der Waals surface area (Å²) in [7, 11) is 1.47. The third-order valence-electron chi connectivity index (χ3n) is 2.26. The minimum Gasteiger partial charge on any atom is -0.479 e. The van der Waals surface area contributed by atoms with E-state index in [0.717, 1.165) is 0 Å². The van der Waals surface area contributed by atoms with Crippen LogP contribution in [0.25, 0.3) is 0 Å². The second-order valence-electron chi connectivity index (χ2n) is 3.56. The summed E-state index contributed by atoms with van der Waals surface area (Å²) in [6.45, 7) is 2.02. The fraction of sp³-hybridized carbons (Fsp3) is 0.700. The molecule has 8 nitrogen and oxygen atoms in total. The zero-order chi connectivity index (χ0) is 14.1. The van der Waals surface area contributed by atoms with E-state index >= 15 is 0 Å². The van der Waals surface area contributed by atoms with E-state index in [1.807, 2.05) is 0 Å². The van der Waals surface area contributed by atoms with Gasteiger partial charge < -0.3 is 25.7 Å². The second kappa shape index (κ2) is 8.29. The zero-order valence-corrected chi connectivity index (χ0v) is 10.5. The molecule has 0 unspecified atom stereocenters. The number of likely N-dealkylation sites (N-methyl/N-ethyl adjacent to an activating group) is 2. The Bertz CT molecular complexity index is 308. The first kappa shape index (κ1) is 16.2. The van der Waals surface area contributed by atoms with Gasteiger partial charge in [-0.3, -0.25) is 4.79 Å². The number of nitrogens with zero attached hydrogens (tertiary/aromatic N) is 1. The molecule has 3 amide bonds. The Hall–Kier alpha value is -1.83. The van der Waals surface area contributed by atoms with E-state index in [1.54, 1.807) is 6.92 Å². The van der Waals surface area contributed by atoms with Crippen molar-refractivity contribution in [3.63, 3.8) is 0 Å². The van der Waals surface area contributed by atoms with E-state index in [0.29, 0.717) is 6.54 Å². The monoisotopic (exact) mass is 261 g/mol. The van der Waals surface area contributed by atoms with Crippen LogP contribution in [-0.2, 0) is 9.59 Å². The predicted octanol–water partition coefficient (Wildman–Crippen LogP) is -1.40. The summed E-state index contributed by atoms with van der Waals surface area (Å²) in [5, 5.41) is 22.2. The van der Waals surface area contributed by atoms with Crippen molar-refractivity contribution >= 4 is 17.9 Å². The highest BCUT2D eigenvalue weighted by molar-refractivity contribution is 5.83. The number of nitrogens with one attached hydrogen (secondary N) is 2. The van der Waals surface area contributed by atoms with Gasteiger partial charge in [-0.15, -0.1) is 0 Å². The van der Waals surface area contributed by atoms with Crippen molar-refractivity contribution in [3.8, 4) is 0 Å². The van der Waals surface area contributed by atoms with Gasteiger partial charge in [0.2, 0.25) is 5.91 Å². The molecule has 0 spiro atoms. The smallest absolute Gasteiger partial charge is 0.332 e. The van der Waals surface area contributed by atoms with Crippen LogP contribution in [0.15, 0.2) is 0 Å². The lowest BCUT2D eigenvalue weighted by Crippen LogP contribution is -2.45. The molecule has 0 aliphatic carbocycles. The van der Waals surface area contributed by atoms with E-state index in [2.05, 4.69) is 10.6 Å². The number of carbonyl (C=O) groups excluding carboxylic acids is 2. The van der Waals surface area contributed by atoms with Crippen LogP contribution in [0.5, 0.6) is 0 Å². The summed E-state index contributed by atoms with van der Waals surface area (Å²) in [5.74, 6) is -1.63. The number of aliphatic carboxylic acids is 1. The van der Waals surface area contributed by atoms with Crippen LogP contribution in [0.3, 0.4) is 0 Å². The van der Waals surface area contributed by atoms with Gasteiger partial charge in [-0.1, -0.05) is 0 Å². The predicted molar refractivity (Wildman–Crippen MR) is 63.0 cm³/mol. The summed E-state index contributed by atoms with van der Waals surface area (Å²) in [5.41, 5.74) is 0. The van der Waals surface area contributed by atoms with Gasteiger partial charge in [-0.2, -0.15) is 0 Å². The van der Waals surface area contributed by atoms with E-state index in [-0.39, 0.29) is 25.4 Å². The average molecular weight is 261 g/mol. The fourth-order valence-corrected chi connectivity index (χ4v) is 1.13. The lowest BCUT2D eigenvalue weighted by Gasteiger charge is -2.20. The van der Waals surface area contributed by atoms with Crippen LogP contribution in [0.1, 0.15) is 13.3 Å². The van der Waals surface area contributed by atoms with Crippen LogP contribution >= 0.6 is 0 Å². The van der Waals surface area contributed by atoms with Gasteiger partial charge >= 0.3 is 12.0 Å². The number of hydrogen-bond donors (Lipinski definition) is 4. The van der Waals surface area contributed by atoms with E-state index < -0.39 is 18.1 Å². The molecule has 0 aliphatic heterocycles. The molecule has 0 saturated heterocycles. The number of rotatable bonds is 7. The van der Waals surface area contributed by atoms with Crippen molar-refractivity contribution < 1.29 is 24.6 Å². The number of aliphatic hydroxyl groups excluding tert-OH is 1. The Kier molecular flexibility index (Phi) is 7.45. The first-order valence-corrected chi connectivity index (χ1v) is 5.56. The van der Waals surface area contributed by atoms with Crippen molar-refractivity contribution in [1.82, 2.24) is 15.5 Å². The highest BCUT2D eigenvalue weighted by Crippen LogP contribution is 1.92. The molecule has 0 aliphatic rings. The highest BCUT2D eigenvalue weighted by Gasteiger charge is 2.16. The van der Waals surface area contributed by atoms with Crippen LogP contribution < -0.4 is 10.6 Å². The zero-order valence-electron chi connectivity index (χ0n) is 10.5. The molecule has 0 aromatic heterocycles. The summed E-state index contributed by atoms with van der Waals surface area (Å²) in [4.78, 5) is 34.3. The van der Waals surface area contributed by atoms with Crippen molar-refractivity contribution in [2.75, 3.05) is 26.7 Å². The third-order valence-corrected chi connectivity index (χ3v) is 2.26. The molecule has 0 saturated carbocycles. The van der Waals surface area contributed by atoms with Crippen LogP contribution in [0, 0.1) is 0 Å². The molecule has 4 N–H and O–H groups in total. The van der Waals surface area contributed by atoms with Crippen molar-refractivity contribution in [2.24, 2.45) is 0 Å². The summed E-state index contributed by atoms with van der Waals surface area (Å²) >= 11 is 0. The molecule has 1 atom stereocenters. The lowest BCUT2D eigenvalue weighted by molar-refractivity contribution is -0.146. The molecule has 0 bridgehead atoms. The van der Waals surface area contributed by atoms with Crippen molar-refractivity contribution in [1.29, 1.82) is 0 Å². The van der Waals surface area contributed by atoms with Gasteiger partial charge in [-0.05, 0) is 6.92 Å². The normalized spacial score (nSPS) is 11.5. The van der Waals surface area contributed by atoms with Gasteiger partial charge in [0.15, 0.2) is 6.10 Å². The molecule has 18 heavy (non-hydrogen) atoms. The summed E-state index contributed by atoms with van der Waals surface area (Å²) in [6, 6.07) is -0.473. The maximum absolute atomic E-state index is 11.6. The van der Waals surface area contributed by atoms with E-state index in [9.17, 15) is 14.4 Å². The number of carbonyl (C=O) groups is 3. The maximum Gasteiger partial charge on any atom is 0.332 e. The molecule has 0 radical (unpaired) electrons. The second-order valence-corrected chi connectivity index (χ2v) is 3.56. The van der Waals surface area contributed by atoms with Crippen LogP contribution in [0.4, 0.5) is 4.79 Å². The molecule has 0 aromatic rings. The average Bonchev–Trinajstić information content (AvgIpc) is 2.34. The Morgan fingerprint density at radius 2 is 1.94 bits per heavy atom. The van der Waals surface area contributed by atoms with Crippen LogP contribution in [-0.4, -0.2) is 65.8 Å². The highest BCUT2D eigenvalue weighted by atomic mass is 16.4. The molecule has 0 heterocycles. The lowest BCUT2D eigenvalue weighted by atomic mass is 10.2. The largest absolute Gasteiger partial charge is 0.479 e. The maximum atomic E-state index is 11.6. The van der Waals surface area contributed by atoms with Crippen molar-refractivity contribution in [2.45, 2.75) is 19.4 Å². The summed E-state index contributed by atoms with van der Waals surface area (Å²) < 4.78 is 0. The van der Waals surface area contributed by atoms with Gasteiger partial charge in [-0.25, -0.2) is 9.59 Å². The number of carboxylic acid groups (broad SMARTS) is 1. The van der Waals surface area contributed by atoms with E-state index in [1.165, 1.54) is 11.9 Å². The van der Waals surface area contributed by atoms with Gasteiger partial charge in [0, 0.05) is 26.6 Å². The molecule has 0 aromatic carbocycles. The topological polar surface area (TPSA) is 119 Å².